The molecular formula is C13H19NO4S. The maximum Gasteiger partial charge on any atom is 0.308 e. The molecule has 0 aromatic carbocycles. The summed E-state index contributed by atoms with van der Waals surface area (Å²) in [5, 5.41) is 9.35. The first-order valence-corrected chi connectivity index (χ1v) is 7.71. The van der Waals surface area contributed by atoms with Crippen molar-refractivity contribution in [2.75, 3.05) is 5.75 Å². The molecule has 1 unspecified atom stereocenters. The van der Waals surface area contributed by atoms with Crippen molar-refractivity contribution in [1.29, 1.82) is 0 Å². The zero-order chi connectivity index (χ0) is 14.7. The second-order valence-corrected chi connectivity index (χ2v) is 7.82. The van der Waals surface area contributed by atoms with E-state index >= 15 is 0 Å². The molecule has 0 radical (unpaired) electrons. The second kappa shape index (κ2) is 5.69. The Morgan fingerprint density at radius 2 is 1.89 bits per heavy atom. The summed E-state index contributed by atoms with van der Waals surface area (Å²) in [6.07, 6.45) is 3.30. The van der Waals surface area contributed by atoms with E-state index in [1.165, 1.54) is 20.8 Å². The van der Waals surface area contributed by atoms with Crippen molar-refractivity contribution in [2.45, 2.75) is 31.9 Å². The van der Waals surface area contributed by atoms with Crippen LogP contribution in [0.2, 0.25) is 0 Å². The first-order chi connectivity index (χ1) is 8.72. The standard InChI is InChI=1S/C13H19NO4S/c1-4-19(17,18)13(2,3)11(12(15)16)9-10-5-7-14-8-6-10/h5-8,11H,4,9H2,1-3H3,(H,15,16). The fourth-order valence-electron chi connectivity index (χ4n) is 1.97. The van der Waals surface area contributed by atoms with Gasteiger partial charge in [0, 0.05) is 18.1 Å². The number of hydrogen-bond donors (Lipinski definition) is 1. The number of nitrogens with zero attached hydrogens (tertiary/aromatic N) is 1. The number of aromatic nitrogens is 1. The van der Waals surface area contributed by atoms with Gasteiger partial charge >= 0.3 is 5.97 Å². The zero-order valence-corrected chi connectivity index (χ0v) is 12.1. The van der Waals surface area contributed by atoms with Gasteiger partial charge in [-0.1, -0.05) is 6.92 Å². The highest BCUT2D eigenvalue weighted by Gasteiger charge is 2.44. The molecule has 1 aromatic heterocycles. The minimum Gasteiger partial charge on any atom is -0.481 e. The van der Waals surface area contributed by atoms with E-state index in [4.69, 9.17) is 0 Å². The molecule has 0 saturated heterocycles. The van der Waals surface area contributed by atoms with Gasteiger partial charge in [0.2, 0.25) is 0 Å². The lowest BCUT2D eigenvalue weighted by atomic mass is 9.89. The Morgan fingerprint density at radius 1 is 1.37 bits per heavy atom. The molecule has 0 fully saturated rings. The third-order valence-electron chi connectivity index (χ3n) is 3.51. The maximum absolute atomic E-state index is 12.1. The molecule has 106 valence electrons. The lowest BCUT2D eigenvalue weighted by Crippen LogP contribution is -2.45. The molecule has 0 bridgehead atoms. The van der Waals surface area contributed by atoms with Gasteiger partial charge in [-0.2, -0.15) is 0 Å². The van der Waals surface area contributed by atoms with Gasteiger partial charge in [-0.05, 0) is 38.0 Å². The summed E-state index contributed by atoms with van der Waals surface area (Å²) < 4.78 is 22.9. The predicted octanol–water partition coefficient (Wildman–Crippen LogP) is 1.54. The van der Waals surface area contributed by atoms with Crippen molar-refractivity contribution in [3.63, 3.8) is 0 Å². The molecule has 19 heavy (non-hydrogen) atoms. The highest BCUT2D eigenvalue weighted by Crippen LogP contribution is 2.30. The summed E-state index contributed by atoms with van der Waals surface area (Å²) in [4.78, 5) is 15.3. The number of sulfone groups is 1. The predicted molar refractivity (Wildman–Crippen MR) is 72.6 cm³/mol. The van der Waals surface area contributed by atoms with E-state index in [2.05, 4.69) is 4.98 Å². The first kappa shape index (κ1) is 15.6. The van der Waals surface area contributed by atoms with Crippen LogP contribution in [0.4, 0.5) is 0 Å². The second-order valence-electron chi connectivity index (χ2n) is 4.96. The number of carboxylic acids is 1. The highest BCUT2D eigenvalue weighted by atomic mass is 32.2. The number of pyridine rings is 1. The van der Waals surface area contributed by atoms with Gasteiger partial charge in [-0.15, -0.1) is 0 Å². The lowest BCUT2D eigenvalue weighted by molar-refractivity contribution is -0.142. The van der Waals surface area contributed by atoms with E-state index in [0.717, 1.165) is 5.56 Å². The molecule has 5 nitrogen and oxygen atoms in total. The van der Waals surface area contributed by atoms with Crippen LogP contribution in [-0.4, -0.2) is 35.0 Å². The molecule has 1 rings (SSSR count). The minimum atomic E-state index is -3.46. The van der Waals surface area contributed by atoms with Gasteiger partial charge in [0.15, 0.2) is 9.84 Å². The Bertz CT molecular complexity index is 537. The van der Waals surface area contributed by atoms with Gasteiger partial charge in [0.25, 0.3) is 0 Å². The Balaban J connectivity index is 3.12. The summed E-state index contributed by atoms with van der Waals surface area (Å²) >= 11 is 0. The Hall–Kier alpha value is -1.43. The molecule has 1 atom stereocenters. The van der Waals surface area contributed by atoms with Gasteiger partial charge in [0.05, 0.1) is 10.7 Å². The number of carbonyl (C=O) groups is 1. The summed E-state index contributed by atoms with van der Waals surface area (Å²) in [7, 11) is -3.46. The van der Waals surface area contributed by atoms with Crippen LogP contribution in [0, 0.1) is 5.92 Å². The van der Waals surface area contributed by atoms with E-state index in [0.29, 0.717) is 0 Å². The Morgan fingerprint density at radius 3 is 2.32 bits per heavy atom. The van der Waals surface area contributed by atoms with Crippen molar-refractivity contribution in [2.24, 2.45) is 5.92 Å². The molecule has 0 saturated carbocycles. The van der Waals surface area contributed by atoms with Crippen LogP contribution in [0.5, 0.6) is 0 Å². The molecular weight excluding hydrogens is 266 g/mol. The monoisotopic (exact) mass is 285 g/mol. The van der Waals surface area contributed by atoms with E-state index in [1.807, 2.05) is 0 Å². The van der Waals surface area contributed by atoms with E-state index in [1.54, 1.807) is 24.5 Å². The molecule has 1 N–H and O–H groups in total. The first-order valence-electron chi connectivity index (χ1n) is 6.06. The van der Waals surface area contributed by atoms with Crippen LogP contribution in [0.25, 0.3) is 0 Å². The van der Waals surface area contributed by atoms with Crippen LogP contribution < -0.4 is 0 Å². The topological polar surface area (TPSA) is 84.3 Å². The summed E-state index contributed by atoms with van der Waals surface area (Å²) in [5.41, 5.74) is 0.766. The minimum absolute atomic E-state index is 0.0693. The van der Waals surface area contributed by atoms with Gasteiger partial charge < -0.3 is 5.11 Å². The van der Waals surface area contributed by atoms with E-state index in [9.17, 15) is 18.3 Å². The van der Waals surface area contributed by atoms with Gasteiger partial charge in [-0.3, -0.25) is 9.78 Å². The average Bonchev–Trinajstić information content (AvgIpc) is 2.36. The zero-order valence-electron chi connectivity index (χ0n) is 11.3. The van der Waals surface area contributed by atoms with Crippen LogP contribution in [0.1, 0.15) is 26.3 Å². The number of carboxylic acid groups (broad SMARTS) is 1. The van der Waals surface area contributed by atoms with Crippen molar-refractivity contribution >= 4 is 15.8 Å². The normalized spacial score (nSPS) is 14.1. The van der Waals surface area contributed by atoms with Crippen LogP contribution in [0.3, 0.4) is 0 Å². The van der Waals surface area contributed by atoms with Crippen molar-refractivity contribution in [3.05, 3.63) is 30.1 Å². The molecule has 0 aliphatic carbocycles. The lowest BCUT2D eigenvalue weighted by Gasteiger charge is -2.30. The fourth-order valence-corrected chi connectivity index (χ4v) is 3.34. The third-order valence-corrected chi connectivity index (χ3v) is 6.16. The fraction of sp³-hybridized carbons (Fsp3) is 0.538. The van der Waals surface area contributed by atoms with Crippen LogP contribution >= 0.6 is 0 Å². The Kier molecular flexibility index (Phi) is 4.68. The van der Waals surface area contributed by atoms with Crippen molar-refractivity contribution in [3.8, 4) is 0 Å². The van der Waals surface area contributed by atoms with E-state index in [-0.39, 0.29) is 12.2 Å². The molecule has 0 aliphatic heterocycles. The van der Waals surface area contributed by atoms with Crippen LogP contribution in [-0.2, 0) is 21.1 Å². The third kappa shape index (κ3) is 3.32. The maximum atomic E-state index is 12.1. The summed E-state index contributed by atoms with van der Waals surface area (Å²) in [6, 6.07) is 3.40. The van der Waals surface area contributed by atoms with Crippen molar-refractivity contribution < 1.29 is 18.3 Å². The molecule has 6 heteroatoms. The number of rotatable bonds is 6. The van der Waals surface area contributed by atoms with Gasteiger partial charge in [-0.25, -0.2) is 8.42 Å². The van der Waals surface area contributed by atoms with Crippen molar-refractivity contribution in [1.82, 2.24) is 4.98 Å². The highest BCUT2D eigenvalue weighted by molar-refractivity contribution is 7.92. The average molecular weight is 285 g/mol. The number of aliphatic carboxylic acids is 1. The molecule has 1 aromatic rings. The molecule has 0 aliphatic rings. The SMILES string of the molecule is CCS(=O)(=O)C(C)(C)C(Cc1ccncc1)C(=O)O. The molecule has 1 heterocycles. The summed E-state index contributed by atoms with van der Waals surface area (Å²) in [6.45, 7) is 4.49. The Labute approximate surface area is 113 Å². The largest absolute Gasteiger partial charge is 0.481 e. The quantitative estimate of drug-likeness (QED) is 0.857. The molecule has 0 spiro atoms. The smallest absolute Gasteiger partial charge is 0.308 e. The van der Waals surface area contributed by atoms with E-state index < -0.39 is 26.5 Å². The van der Waals surface area contributed by atoms with Gasteiger partial charge in [0.1, 0.15) is 0 Å². The molecule has 0 amide bonds. The van der Waals surface area contributed by atoms with Crippen LogP contribution in [0.15, 0.2) is 24.5 Å². The number of hydrogen-bond acceptors (Lipinski definition) is 4. The summed E-state index contributed by atoms with van der Waals surface area (Å²) in [5.74, 6) is -2.15.